The Morgan fingerprint density at radius 3 is 2.72 bits per heavy atom. The molecule has 2 heterocycles. The second-order valence-corrected chi connectivity index (χ2v) is 5.69. The lowest BCUT2D eigenvalue weighted by atomic mass is 10.0. The van der Waals surface area contributed by atoms with E-state index in [0.717, 1.165) is 21.9 Å². The van der Waals surface area contributed by atoms with E-state index in [1.165, 1.54) is 0 Å². The third kappa shape index (κ3) is 2.87. The standard InChI is InChI=1S/C20H15N3O2/c21-19-17(20(24)23-12-14-6-3-4-10-22-14)11-16-15-7-2-1-5-13(15)8-9-18(16)25-19/h1-11,21H,12H2,(H,23,24). The molecule has 0 atom stereocenters. The predicted octanol–water partition coefficient (Wildman–Crippen LogP) is 3.39. The normalized spacial score (nSPS) is 10.9. The maximum atomic E-state index is 12.5. The van der Waals surface area contributed by atoms with Crippen molar-refractivity contribution in [3.8, 4) is 0 Å². The van der Waals surface area contributed by atoms with E-state index in [1.807, 2.05) is 54.6 Å². The van der Waals surface area contributed by atoms with Gasteiger partial charge in [0.05, 0.1) is 12.2 Å². The first-order valence-electron chi connectivity index (χ1n) is 7.91. The molecule has 5 heteroatoms. The number of hydrogen-bond acceptors (Lipinski definition) is 4. The van der Waals surface area contributed by atoms with Crippen molar-refractivity contribution in [2.24, 2.45) is 0 Å². The first kappa shape index (κ1) is 15.1. The molecule has 0 fully saturated rings. The van der Waals surface area contributed by atoms with Gasteiger partial charge in [0.25, 0.3) is 5.91 Å². The number of aromatic nitrogens is 1. The Bertz CT molecular complexity index is 1130. The average Bonchev–Trinajstić information content (AvgIpc) is 2.66. The van der Waals surface area contributed by atoms with Crippen LogP contribution < -0.4 is 10.9 Å². The lowest BCUT2D eigenvalue weighted by Crippen LogP contribution is -2.28. The fourth-order valence-corrected chi connectivity index (χ4v) is 2.83. The van der Waals surface area contributed by atoms with Gasteiger partial charge in [-0.05, 0) is 35.0 Å². The van der Waals surface area contributed by atoms with Crippen molar-refractivity contribution >= 4 is 27.6 Å². The molecular formula is C20H15N3O2. The Labute approximate surface area is 143 Å². The summed E-state index contributed by atoms with van der Waals surface area (Å²) in [6, 6.07) is 18.9. The van der Waals surface area contributed by atoms with Crippen molar-refractivity contribution in [1.82, 2.24) is 10.3 Å². The highest BCUT2D eigenvalue weighted by molar-refractivity contribution is 6.07. The molecule has 122 valence electrons. The summed E-state index contributed by atoms with van der Waals surface area (Å²) in [5.41, 5.74) is 1.40. The molecule has 2 aromatic carbocycles. The first-order valence-corrected chi connectivity index (χ1v) is 7.91. The number of carbonyl (C=O) groups excluding carboxylic acids is 1. The Kier molecular flexibility index (Phi) is 3.74. The van der Waals surface area contributed by atoms with Crippen molar-refractivity contribution < 1.29 is 9.21 Å². The van der Waals surface area contributed by atoms with Crippen molar-refractivity contribution in [1.29, 1.82) is 5.41 Å². The van der Waals surface area contributed by atoms with Gasteiger partial charge >= 0.3 is 0 Å². The zero-order valence-corrected chi connectivity index (χ0v) is 13.3. The van der Waals surface area contributed by atoms with E-state index < -0.39 is 0 Å². The number of rotatable bonds is 3. The van der Waals surface area contributed by atoms with Gasteiger partial charge in [-0.25, -0.2) is 0 Å². The minimum Gasteiger partial charge on any atom is -0.438 e. The Balaban J connectivity index is 1.73. The lowest BCUT2D eigenvalue weighted by molar-refractivity contribution is 0.0946. The fraction of sp³-hybridized carbons (Fsp3) is 0.0500. The molecular weight excluding hydrogens is 314 g/mol. The first-order chi connectivity index (χ1) is 12.2. The van der Waals surface area contributed by atoms with Crippen LogP contribution in [0.1, 0.15) is 16.1 Å². The molecule has 2 N–H and O–H groups in total. The second kappa shape index (κ2) is 6.20. The molecule has 0 aliphatic rings. The zero-order chi connectivity index (χ0) is 17.2. The number of fused-ring (bicyclic) bond motifs is 3. The van der Waals surface area contributed by atoms with Crippen LogP contribution in [0.5, 0.6) is 0 Å². The number of hydrogen-bond donors (Lipinski definition) is 2. The van der Waals surface area contributed by atoms with E-state index in [9.17, 15) is 4.79 Å². The molecule has 0 aliphatic carbocycles. The minimum absolute atomic E-state index is 0.152. The zero-order valence-electron chi connectivity index (χ0n) is 13.3. The molecule has 0 aliphatic heterocycles. The quantitative estimate of drug-likeness (QED) is 0.565. The second-order valence-electron chi connectivity index (χ2n) is 5.69. The lowest BCUT2D eigenvalue weighted by Gasteiger charge is -2.07. The third-order valence-corrected chi connectivity index (χ3v) is 4.08. The molecule has 0 saturated carbocycles. The molecule has 5 nitrogen and oxygen atoms in total. The molecule has 0 radical (unpaired) electrons. The Hall–Kier alpha value is -3.47. The van der Waals surface area contributed by atoms with Crippen LogP contribution in [0.25, 0.3) is 21.7 Å². The predicted molar refractivity (Wildman–Crippen MR) is 95.0 cm³/mol. The van der Waals surface area contributed by atoms with E-state index >= 15 is 0 Å². The highest BCUT2D eigenvalue weighted by Crippen LogP contribution is 2.24. The van der Waals surface area contributed by atoms with Crippen LogP contribution in [-0.4, -0.2) is 10.9 Å². The van der Waals surface area contributed by atoms with Crippen LogP contribution >= 0.6 is 0 Å². The summed E-state index contributed by atoms with van der Waals surface area (Å²) in [5, 5.41) is 13.7. The number of pyridine rings is 1. The maximum absolute atomic E-state index is 12.5. The summed E-state index contributed by atoms with van der Waals surface area (Å²) in [6.45, 7) is 0.298. The maximum Gasteiger partial charge on any atom is 0.257 e. The highest BCUT2D eigenvalue weighted by Gasteiger charge is 2.13. The smallest absolute Gasteiger partial charge is 0.257 e. The number of nitrogens with zero attached hydrogens (tertiary/aromatic N) is 1. The third-order valence-electron chi connectivity index (χ3n) is 4.08. The molecule has 4 aromatic rings. The van der Waals surface area contributed by atoms with E-state index in [0.29, 0.717) is 12.1 Å². The van der Waals surface area contributed by atoms with Gasteiger partial charge in [-0.3, -0.25) is 15.2 Å². The summed E-state index contributed by atoms with van der Waals surface area (Å²) in [6.07, 6.45) is 1.68. The van der Waals surface area contributed by atoms with E-state index in [1.54, 1.807) is 12.3 Å². The monoisotopic (exact) mass is 329 g/mol. The fourth-order valence-electron chi connectivity index (χ4n) is 2.83. The van der Waals surface area contributed by atoms with Gasteiger partial charge in [-0.15, -0.1) is 0 Å². The molecule has 0 spiro atoms. The average molecular weight is 329 g/mol. The van der Waals surface area contributed by atoms with E-state index in [-0.39, 0.29) is 17.0 Å². The van der Waals surface area contributed by atoms with Crippen molar-refractivity contribution in [3.05, 3.63) is 83.7 Å². The molecule has 1 amide bonds. The van der Waals surface area contributed by atoms with Gasteiger partial charge in [-0.2, -0.15) is 0 Å². The number of benzene rings is 2. The van der Waals surface area contributed by atoms with Crippen LogP contribution in [0.4, 0.5) is 0 Å². The molecule has 0 saturated heterocycles. The van der Waals surface area contributed by atoms with Gasteiger partial charge in [0.15, 0.2) is 0 Å². The van der Waals surface area contributed by atoms with Crippen LogP contribution in [0.15, 0.2) is 71.3 Å². The summed E-state index contributed by atoms with van der Waals surface area (Å²) >= 11 is 0. The number of amides is 1. The van der Waals surface area contributed by atoms with Crippen LogP contribution in [-0.2, 0) is 6.54 Å². The molecule has 2 aromatic heterocycles. The van der Waals surface area contributed by atoms with E-state index in [4.69, 9.17) is 9.83 Å². The summed E-state index contributed by atoms with van der Waals surface area (Å²) < 4.78 is 5.56. The van der Waals surface area contributed by atoms with Crippen LogP contribution in [0.2, 0.25) is 0 Å². The summed E-state index contributed by atoms with van der Waals surface area (Å²) in [4.78, 5) is 16.7. The van der Waals surface area contributed by atoms with Crippen molar-refractivity contribution in [2.45, 2.75) is 6.54 Å². The van der Waals surface area contributed by atoms with Gasteiger partial charge in [-0.1, -0.05) is 36.4 Å². The molecule has 4 rings (SSSR count). The van der Waals surface area contributed by atoms with Crippen LogP contribution in [0.3, 0.4) is 0 Å². The Morgan fingerprint density at radius 1 is 1.04 bits per heavy atom. The largest absolute Gasteiger partial charge is 0.438 e. The SMILES string of the molecule is N=c1oc2ccc3ccccc3c2cc1C(=O)NCc1ccccn1. The number of carbonyl (C=O) groups is 1. The molecule has 25 heavy (non-hydrogen) atoms. The minimum atomic E-state index is -0.353. The summed E-state index contributed by atoms with van der Waals surface area (Å²) in [5.74, 6) is -0.353. The van der Waals surface area contributed by atoms with Gasteiger partial charge in [0.1, 0.15) is 11.1 Å². The van der Waals surface area contributed by atoms with Crippen molar-refractivity contribution in [3.63, 3.8) is 0 Å². The molecule has 0 unspecified atom stereocenters. The van der Waals surface area contributed by atoms with Gasteiger partial charge in [0, 0.05) is 11.6 Å². The topological polar surface area (TPSA) is 79.0 Å². The summed E-state index contributed by atoms with van der Waals surface area (Å²) in [7, 11) is 0. The van der Waals surface area contributed by atoms with E-state index in [2.05, 4.69) is 10.3 Å². The number of nitrogens with one attached hydrogen (secondary N) is 2. The van der Waals surface area contributed by atoms with Crippen molar-refractivity contribution in [2.75, 3.05) is 0 Å². The molecule has 0 bridgehead atoms. The Morgan fingerprint density at radius 2 is 1.88 bits per heavy atom. The van der Waals surface area contributed by atoms with Crippen LogP contribution in [0, 0.1) is 5.41 Å². The van der Waals surface area contributed by atoms with Gasteiger partial charge in [0.2, 0.25) is 5.55 Å². The van der Waals surface area contributed by atoms with Gasteiger partial charge < -0.3 is 9.73 Å². The highest BCUT2D eigenvalue weighted by atomic mass is 16.3.